The van der Waals surface area contributed by atoms with Crippen LogP contribution in [0.15, 0.2) is 0 Å². The van der Waals surface area contributed by atoms with E-state index in [1.54, 1.807) is 0 Å². The summed E-state index contributed by atoms with van der Waals surface area (Å²) in [5.41, 5.74) is 0. The molecule has 4 saturated heterocycles. The van der Waals surface area contributed by atoms with Crippen molar-refractivity contribution in [2.45, 2.75) is 38.0 Å². The highest BCUT2D eigenvalue weighted by atomic mass is 16.0. The molecule has 4 heterocycles. The van der Waals surface area contributed by atoms with Crippen molar-refractivity contribution < 1.29 is 0 Å². The van der Waals surface area contributed by atoms with Crippen molar-refractivity contribution in [2.24, 2.45) is 0 Å². The van der Waals surface area contributed by atoms with Crippen LogP contribution >= 0.6 is 0 Å². The van der Waals surface area contributed by atoms with Crippen LogP contribution < -0.4 is 0 Å². The highest BCUT2D eigenvalue weighted by Gasteiger charge is 2.63. The first kappa shape index (κ1) is 8.05. The molecule has 0 aromatic carbocycles. The van der Waals surface area contributed by atoms with Gasteiger partial charge in [-0.25, -0.2) is 20.0 Å². The summed E-state index contributed by atoms with van der Waals surface area (Å²) in [7, 11) is 0. The summed E-state index contributed by atoms with van der Waals surface area (Å²) in [5.74, 6) is 0. The zero-order chi connectivity index (χ0) is 9.12. The molecule has 0 spiro atoms. The minimum absolute atomic E-state index is 0.760. The minimum Gasteiger partial charge on any atom is -0.218 e. The van der Waals surface area contributed by atoms with Crippen LogP contribution in [0.3, 0.4) is 0 Å². The maximum atomic E-state index is 2.58. The lowest BCUT2D eigenvalue weighted by Crippen LogP contribution is -2.16. The fourth-order valence-corrected chi connectivity index (χ4v) is 3.28. The summed E-state index contributed by atoms with van der Waals surface area (Å²) in [6, 6.07) is 0. The number of hydrogen-bond acceptors (Lipinski definition) is 4. The molecule has 4 rings (SSSR count). The van der Waals surface area contributed by atoms with Crippen molar-refractivity contribution in [3.05, 3.63) is 0 Å². The predicted molar refractivity (Wildman–Crippen MR) is 52.9 cm³/mol. The molecule has 4 aliphatic rings. The molecule has 4 fully saturated rings. The van der Waals surface area contributed by atoms with E-state index in [4.69, 9.17) is 0 Å². The van der Waals surface area contributed by atoms with Gasteiger partial charge in [-0.2, -0.15) is 0 Å². The number of rotatable bonds is 1. The van der Waals surface area contributed by atoms with Crippen LogP contribution in [0, 0.1) is 0 Å². The van der Waals surface area contributed by atoms with Crippen LogP contribution in [0.2, 0.25) is 0 Å². The minimum atomic E-state index is 0.760. The maximum absolute atomic E-state index is 2.58. The molecule has 4 aliphatic heterocycles. The topological polar surface area (TPSA) is 12.0 Å². The Hall–Kier alpha value is -0.160. The van der Waals surface area contributed by atoms with Crippen molar-refractivity contribution >= 4 is 0 Å². The zero-order valence-electron chi connectivity index (χ0n) is 8.60. The number of hydrazine groups is 2. The largest absolute Gasteiger partial charge is 0.218 e. The van der Waals surface area contributed by atoms with E-state index >= 15 is 0 Å². The monoisotopic (exact) mass is 194 g/mol. The van der Waals surface area contributed by atoms with Gasteiger partial charge in [-0.3, -0.25) is 0 Å². The van der Waals surface area contributed by atoms with Gasteiger partial charge in [0.15, 0.2) is 0 Å². The molecule has 0 radical (unpaired) electrons. The van der Waals surface area contributed by atoms with Gasteiger partial charge in [0.1, 0.15) is 12.3 Å². The Morgan fingerprint density at radius 1 is 0.500 bits per heavy atom. The number of fused-ring (bicyclic) bond motifs is 2. The molecule has 4 heteroatoms. The standard InChI is InChI=1S/C10H18N4/c1-2-6-12-9(11(12)5-1)10-13-7-3-4-8-14(10)13/h9-10H,1-8H2. The zero-order valence-corrected chi connectivity index (χ0v) is 8.60. The first-order valence-corrected chi connectivity index (χ1v) is 6.03. The lowest BCUT2D eigenvalue weighted by molar-refractivity contribution is 0.252. The van der Waals surface area contributed by atoms with Crippen molar-refractivity contribution in [3.63, 3.8) is 0 Å². The molecular formula is C10H18N4. The molecule has 0 N–H and O–H groups in total. The van der Waals surface area contributed by atoms with E-state index in [2.05, 4.69) is 20.0 Å². The second-order valence-electron chi connectivity index (χ2n) is 4.89. The Labute approximate surface area is 85.0 Å². The molecule has 4 atom stereocenters. The third-order valence-electron chi connectivity index (χ3n) is 4.09. The molecule has 0 aromatic rings. The SMILES string of the molecule is C1CCN2C(C3N4CCCCN34)N2C1. The predicted octanol–water partition coefficient (Wildman–Crippen LogP) is 0.291. The van der Waals surface area contributed by atoms with Gasteiger partial charge in [-0.05, 0) is 25.7 Å². The Kier molecular flexibility index (Phi) is 1.55. The molecule has 4 nitrogen and oxygen atoms in total. The first-order valence-electron chi connectivity index (χ1n) is 6.03. The van der Waals surface area contributed by atoms with E-state index in [1.807, 2.05) is 0 Å². The van der Waals surface area contributed by atoms with Crippen molar-refractivity contribution in [2.75, 3.05) is 26.2 Å². The second kappa shape index (κ2) is 2.70. The van der Waals surface area contributed by atoms with Crippen LogP contribution in [-0.2, 0) is 0 Å². The van der Waals surface area contributed by atoms with Gasteiger partial charge in [-0.15, -0.1) is 0 Å². The van der Waals surface area contributed by atoms with Crippen LogP contribution in [0.5, 0.6) is 0 Å². The quantitative estimate of drug-likeness (QED) is 0.556. The average Bonchev–Trinajstić information content (AvgIpc) is 3.07. The normalized spacial score (nSPS) is 60.0. The van der Waals surface area contributed by atoms with E-state index in [0.29, 0.717) is 0 Å². The highest BCUT2D eigenvalue weighted by molar-refractivity contribution is 5.03. The molecule has 0 saturated carbocycles. The summed E-state index contributed by atoms with van der Waals surface area (Å²) in [6.45, 7) is 5.23. The van der Waals surface area contributed by atoms with Crippen LogP contribution in [0.25, 0.3) is 0 Å². The van der Waals surface area contributed by atoms with E-state index < -0.39 is 0 Å². The summed E-state index contributed by atoms with van der Waals surface area (Å²) in [6.07, 6.45) is 7.13. The Balaban J connectivity index is 1.46. The smallest absolute Gasteiger partial charge is 0.121 e. The summed E-state index contributed by atoms with van der Waals surface area (Å²) < 4.78 is 0. The van der Waals surface area contributed by atoms with Crippen LogP contribution in [0.1, 0.15) is 25.7 Å². The molecule has 78 valence electrons. The van der Waals surface area contributed by atoms with Crippen LogP contribution in [0.4, 0.5) is 0 Å². The Morgan fingerprint density at radius 2 is 0.786 bits per heavy atom. The summed E-state index contributed by atoms with van der Waals surface area (Å²) in [4.78, 5) is 0. The third-order valence-corrected chi connectivity index (χ3v) is 4.09. The third kappa shape index (κ3) is 0.972. The average molecular weight is 194 g/mol. The van der Waals surface area contributed by atoms with E-state index in [9.17, 15) is 0 Å². The van der Waals surface area contributed by atoms with E-state index in [-0.39, 0.29) is 0 Å². The van der Waals surface area contributed by atoms with Gasteiger partial charge in [0.05, 0.1) is 0 Å². The highest BCUT2D eigenvalue weighted by Crippen LogP contribution is 2.44. The van der Waals surface area contributed by atoms with Gasteiger partial charge in [0.25, 0.3) is 0 Å². The van der Waals surface area contributed by atoms with Crippen molar-refractivity contribution in [1.82, 2.24) is 20.0 Å². The van der Waals surface area contributed by atoms with Crippen molar-refractivity contribution in [3.8, 4) is 0 Å². The summed E-state index contributed by atoms with van der Waals surface area (Å²) >= 11 is 0. The molecule has 0 bridgehead atoms. The molecule has 0 aliphatic carbocycles. The van der Waals surface area contributed by atoms with Gasteiger partial charge >= 0.3 is 0 Å². The number of nitrogens with zero attached hydrogens (tertiary/aromatic N) is 4. The van der Waals surface area contributed by atoms with E-state index in [1.165, 1.54) is 51.9 Å². The van der Waals surface area contributed by atoms with E-state index in [0.717, 1.165) is 12.3 Å². The molecular weight excluding hydrogens is 176 g/mol. The molecule has 0 amide bonds. The Morgan fingerprint density at radius 3 is 1.07 bits per heavy atom. The maximum Gasteiger partial charge on any atom is 0.121 e. The lowest BCUT2D eigenvalue weighted by Gasteiger charge is -2.09. The van der Waals surface area contributed by atoms with Gasteiger partial charge in [0.2, 0.25) is 0 Å². The lowest BCUT2D eigenvalue weighted by atomic mass is 10.3. The van der Waals surface area contributed by atoms with Crippen LogP contribution in [-0.4, -0.2) is 58.5 Å². The Bertz CT molecular complexity index is 207. The fourth-order valence-electron chi connectivity index (χ4n) is 3.28. The van der Waals surface area contributed by atoms with Gasteiger partial charge in [0, 0.05) is 26.2 Å². The fraction of sp³-hybridized carbons (Fsp3) is 1.00. The number of hydrogen-bond donors (Lipinski definition) is 0. The molecule has 14 heavy (non-hydrogen) atoms. The second-order valence-corrected chi connectivity index (χ2v) is 4.89. The van der Waals surface area contributed by atoms with Gasteiger partial charge < -0.3 is 0 Å². The molecule has 0 aromatic heterocycles. The van der Waals surface area contributed by atoms with Gasteiger partial charge in [-0.1, -0.05) is 0 Å². The molecule has 4 unspecified atom stereocenters. The van der Waals surface area contributed by atoms with Crippen molar-refractivity contribution in [1.29, 1.82) is 0 Å². The first-order chi connectivity index (χ1) is 6.97. The summed E-state index contributed by atoms with van der Waals surface area (Å²) in [5, 5.41) is 10.3.